The molecule has 0 atom stereocenters. The monoisotopic (exact) mass is 450 g/mol. The number of fused-ring (bicyclic) bond motifs is 1. The number of methoxy groups -OCH3 is 1. The second-order valence-electron chi connectivity index (χ2n) is 8.54. The highest BCUT2D eigenvalue weighted by atomic mass is 32.1. The van der Waals surface area contributed by atoms with Crippen molar-refractivity contribution in [3.05, 3.63) is 59.0 Å². The predicted molar refractivity (Wildman–Crippen MR) is 127 cm³/mol. The third-order valence-electron chi connectivity index (χ3n) is 5.02. The van der Waals surface area contributed by atoms with E-state index in [9.17, 15) is 4.79 Å². The van der Waals surface area contributed by atoms with Gasteiger partial charge < -0.3 is 9.47 Å². The number of nitrogens with one attached hydrogen (secondary N) is 1. The maximum Gasteiger partial charge on any atom is 0.264 e. The zero-order chi connectivity index (χ0) is 22.9. The maximum atomic E-state index is 12.5. The Kier molecular flexibility index (Phi) is 5.88. The number of nitrogens with zero attached hydrogens (tertiary/aromatic N) is 3. The lowest BCUT2D eigenvalue weighted by Gasteiger charge is -2.23. The molecule has 0 aliphatic rings. The second kappa shape index (κ2) is 8.63. The van der Waals surface area contributed by atoms with Crippen LogP contribution in [0.3, 0.4) is 0 Å². The predicted octanol–water partition coefficient (Wildman–Crippen LogP) is 5.09. The molecule has 4 aromatic rings. The molecule has 2 heterocycles. The molecule has 1 N–H and O–H groups in total. The van der Waals surface area contributed by atoms with Crippen molar-refractivity contribution in [2.24, 2.45) is 0 Å². The number of amides is 1. The van der Waals surface area contributed by atoms with Gasteiger partial charge in [-0.15, -0.1) is 16.4 Å². The molecule has 0 unspecified atom stereocenters. The van der Waals surface area contributed by atoms with Gasteiger partial charge in [-0.05, 0) is 36.1 Å². The van der Waals surface area contributed by atoms with Crippen molar-refractivity contribution in [3.8, 4) is 22.8 Å². The Morgan fingerprint density at radius 1 is 1.16 bits per heavy atom. The standard InChI is InChI=1S/C24H26N4O3S/c1-15-10-11-20(17(12-15)24(2,3)4)31-13-21(29)25-22-26-23-28(27-22)18(14-32-23)16-8-6-7-9-19(16)30-5/h6-12,14H,13H2,1-5H3,(H,25,27,29). The van der Waals surface area contributed by atoms with Crippen molar-refractivity contribution >= 4 is 28.2 Å². The van der Waals surface area contributed by atoms with Gasteiger partial charge in [-0.1, -0.05) is 50.6 Å². The van der Waals surface area contributed by atoms with E-state index in [2.05, 4.69) is 42.2 Å². The summed E-state index contributed by atoms with van der Waals surface area (Å²) in [6.45, 7) is 8.28. The Labute approximate surface area is 191 Å². The number of anilines is 1. The van der Waals surface area contributed by atoms with E-state index < -0.39 is 0 Å². The number of rotatable bonds is 6. The minimum Gasteiger partial charge on any atom is -0.496 e. The van der Waals surface area contributed by atoms with Crippen molar-refractivity contribution in [1.29, 1.82) is 0 Å². The fourth-order valence-corrected chi connectivity index (χ4v) is 4.26. The third kappa shape index (κ3) is 4.45. The molecule has 166 valence electrons. The molecular weight excluding hydrogens is 424 g/mol. The molecule has 0 saturated carbocycles. The van der Waals surface area contributed by atoms with Crippen molar-refractivity contribution in [1.82, 2.24) is 14.6 Å². The number of ether oxygens (including phenoxy) is 2. The first-order valence-electron chi connectivity index (χ1n) is 10.3. The Morgan fingerprint density at radius 2 is 1.94 bits per heavy atom. The maximum absolute atomic E-state index is 12.5. The first kappa shape index (κ1) is 21.8. The molecular formula is C24H26N4O3S. The average molecular weight is 451 g/mol. The molecule has 7 nitrogen and oxygen atoms in total. The van der Waals surface area contributed by atoms with E-state index in [0.717, 1.165) is 28.1 Å². The van der Waals surface area contributed by atoms with Gasteiger partial charge in [-0.2, -0.15) is 4.98 Å². The molecule has 0 saturated heterocycles. The van der Waals surface area contributed by atoms with Gasteiger partial charge in [0.05, 0.1) is 12.8 Å². The van der Waals surface area contributed by atoms with Crippen LogP contribution in [-0.2, 0) is 10.2 Å². The van der Waals surface area contributed by atoms with E-state index in [1.54, 1.807) is 11.6 Å². The van der Waals surface area contributed by atoms with E-state index in [-0.39, 0.29) is 23.9 Å². The molecule has 2 aromatic carbocycles. The molecule has 0 fully saturated rings. The van der Waals surface area contributed by atoms with Crippen LogP contribution in [0.1, 0.15) is 31.9 Å². The van der Waals surface area contributed by atoms with E-state index in [1.807, 2.05) is 48.7 Å². The SMILES string of the molecule is COc1ccccc1-c1csc2nc(NC(=O)COc3ccc(C)cc3C(C)(C)C)nn12. The fourth-order valence-electron chi connectivity index (χ4n) is 3.44. The van der Waals surface area contributed by atoms with Crippen LogP contribution in [0, 0.1) is 6.92 Å². The summed E-state index contributed by atoms with van der Waals surface area (Å²) in [6.07, 6.45) is 0. The van der Waals surface area contributed by atoms with E-state index in [0.29, 0.717) is 10.7 Å². The van der Waals surface area contributed by atoms with Crippen LogP contribution in [0.25, 0.3) is 16.2 Å². The van der Waals surface area contributed by atoms with Gasteiger partial charge >= 0.3 is 0 Å². The topological polar surface area (TPSA) is 77.8 Å². The van der Waals surface area contributed by atoms with Crippen molar-refractivity contribution in [2.45, 2.75) is 33.1 Å². The van der Waals surface area contributed by atoms with Gasteiger partial charge in [0.25, 0.3) is 11.9 Å². The molecule has 1 amide bonds. The smallest absolute Gasteiger partial charge is 0.264 e. The van der Waals surface area contributed by atoms with E-state index >= 15 is 0 Å². The number of aromatic nitrogens is 3. The minimum atomic E-state index is -0.317. The molecule has 8 heteroatoms. The summed E-state index contributed by atoms with van der Waals surface area (Å²) in [6, 6.07) is 13.7. The molecule has 0 radical (unpaired) electrons. The summed E-state index contributed by atoms with van der Waals surface area (Å²) in [7, 11) is 1.63. The normalized spacial score (nSPS) is 11.5. The van der Waals surface area contributed by atoms with Gasteiger partial charge in [0.1, 0.15) is 11.5 Å². The second-order valence-corrected chi connectivity index (χ2v) is 9.37. The van der Waals surface area contributed by atoms with Gasteiger partial charge in [0.2, 0.25) is 4.96 Å². The van der Waals surface area contributed by atoms with Crippen LogP contribution in [0.2, 0.25) is 0 Å². The first-order chi connectivity index (χ1) is 15.3. The lowest BCUT2D eigenvalue weighted by molar-refractivity contribution is -0.118. The van der Waals surface area contributed by atoms with Crippen LogP contribution in [-0.4, -0.2) is 34.2 Å². The Morgan fingerprint density at radius 3 is 2.69 bits per heavy atom. The highest BCUT2D eigenvalue weighted by Crippen LogP contribution is 2.33. The number of carbonyl (C=O) groups is 1. The summed E-state index contributed by atoms with van der Waals surface area (Å²) in [5.74, 6) is 1.37. The molecule has 32 heavy (non-hydrogen) atoms. The summed E-state index contributed by atoms with van der Waals surface area (Å²) in [5.41, 5.74) is 3.87. The highest BCUT2D eigenvalue weighted by molar-refractivity contribution is 7.15. The van der Waals surface area contributed by atoms with Gasteiger partial charge in [0.15, 0.2) is 6.61 Å². The number of thiazole rings is 1. The summed E-state index contributed by atoms with van der Waals surface area (Å²) in [4.78, 5) is 17.6. The molecule has 0 aliphatic heterocycles. The molecule has 0 bridgehead atoms. The van der Waals surface area contributed by atoms with Crippen molar-refractivity contribution in [3.63, 3.8) is 0 Å². The summed E-state index contributed by atoms with van der Waals surface area (Å²) >= 11 is 1.44. The van der Waals surface area contributed by atoms with Gasteiger partial charge in [-0.25, -0.2) is 4.52 Å². The van der Waals surface area contributed by atoms with Crippen molar-refractivity contribution in [2.75, 3.05) is 19.0 Å². The van der Waals surface area contributed by atoms with Gasteiger partial charge in [-0.3, -0.25) is 10.1 Å². The van der Waals surface area contributed by atoms with Crippen LogP contribution in [0.4, 0.5) is 5.95 Å². The molecule has 4 rings (SSSR count). The zero-order valence-corrected chi connectivity index (χ0v) is 19.6. The number of hydrogen-bond acceptors (Lipinski definition) is 6. The zero-order valence-electron chi connectivity index (χ0n) is 18.8. The largest absolute Gasteiger partial charge is 0.496 e. The summed E-state index contributed by atoms with van der Waals surface area (Å²) < 4.78 is 13.0. The molecule has 0 aliphatic carbocycles. The Hall–Kier alpha value is -3.39. The quantitative estimate of drug-likeness (QED) is 0.443. The lowest BCUT2D eigenvalue weighted by atomic mass is 9.85. The van der Waals surface area contributed by atoms with Gasteiger partial charge in [0, 0.05) is 10.9 Å². The number of carbonyl (C=O) groups excluding carboxylic acids is 1. The van der Waals surface area contributed by atoms with Crippen molar-refractivity contribution < 1.29 is 14.3 Å². The lowest BCUT2D eigenvalue weighted by Crippen LogP contribution is -2.22. The third-order valence-corrected chi connectivity index (χ3v) is 5.83. The fraction of sp³-hybridized carbons (Fsp3) is 0.292. The average Bonchev–Trinajstić information content (AvgIpc) is 3.32. The number of hydrogen-bond donors (Lipinski definition) is 1. The summed E-state index contributed by atoms with van der Waals surface area (Å²) in [5, 5.41) is 9.16. The van der Waals surface area contributed by atoms with E-state index in [4.69, 9.17) is 9.47 Å². The van der Waals surface area contributed by atoms with E-state index in [1.165, 1.54) is 11.3 Å². The number of para-hydroxylation sites is 1. The minimum absolute atomic E-state index is 0.0947. The number of benzene rings is 2. The Bertz CT molecular complexity index is 1270. The Balaban J connectivity index is 1.49. The first-order valence-corrected chi connectivity index (χ1v) is 11.2. The van der Waals surface area contributed by atoms with Crippen LogP contribution < -0.4 is 14.8 Å². The molecule has 2 aromatic heterocycles. The molecule has 0 spiro atoms. The highest BCUT2D eigenvalue weighted by Gasteiger charge is 2.20. The van der Waals surface area contributed by atoms with Crippen LogP contribution >= 0.6 is 11.3 Å². The number of aryl methyl sites for hydroxylation is 1. The van der Waals surface area contributed by atoms with Crippen LogP contribution in [0.5, 0.6) is 11.5 Å². The van der Waals surface area contributed by atoms with Crippen LogP contribution in [0.15, 0.2) is 47.8 Å².